The van der Waals surface area contributed by atoms with E-state index in [0.717, 1.165) is 5.56 Å². The zero-order valence-corrected chi connectivity index (χ0v) is 13.5. The molecule has 0 aromatic heterocycles. The molecule has 1 N–H and O–H groups in total. The van der Waals surface area contributed by atoms with E-state index in [1.165, 1.54) is 0 Å². The molecule has 5 heteroatoms. The molecular formula is C17H24O5. The van der Waals surface area contributed by atoms with Gasteiger partial charge in [0.1, 0.15) is 0 Å². The molecule has 0 radical (unpaired) electrons. The van der Waals surface area contributed by atoms with Crippen molar-refractivity contribution in [1.29, 1.82) is 0 Å². The number of aliphatic hydroxyl groups excluding tert-OH is 1. The first-order chi connectivity index (χ1) is 10.3. The molecule has 22 heavy (non-hydrogen) atoms. The minimum absolute atomic E-state index is 0.209. The second-order valence-corrected chi connectivity index (χ2v) is 5.71. The van der Waals surface area contributed by atoms with E-state index in [1.54, 1.807) is 27.7 Å². The topological polar surface area (TPSA) is 72.8 Å². The van der Waals surface area contributed by atoms with Crippen molar-refractivity contribution in [2.24, 2.45) is 5.92 Å². The highest BCUT2D eigenvalue weighted by Crippen LogP contribution is 2.17. The van der Waals surface area contributed by atoms with Gasteiger partial charge in [-0.05, 0) is 39.7 Å². The third-order valence-corrected chi connectivity index (χ3v) is 2.93. The van der Waals surface area contributed by atoms with E-state index in [1.807, 2.05) is 30.3 Å². The molecule has 1 aromatic carbocycles. The molecule has 0 aliphatic rings. The molecule has 1 unspecified atom stereocenters. The van der Waals surface area contributed by atoms with Crippen LogP contribution in [0, 0.1) is 5.92 Å². The van der Waals surface area contributed by atoms with Gasteiger partial charge in [0.05, 0.1) is 18.1 Å². The van der Waals surface area contributed by atoms with Gasteiger partial charge in [-0.25, -0.2) is 4.79 Å². The largest absolute Gasteiger partial charge is 0.463 e. The second kappa shape index (κ2) is 8.54. The number of esters is 2. The second-order valence-electron chi connectivity index (χ2n) is 5.71. The summed E-state index contributed by atoms with van der Waals surface area (Å²) in [5.74, 6) is -2.40. The lowest BCUT2D eigenvalue weighted by atomic mass is 9.94. The van der Waals surface area contributed by atoms with Crippen LogP contribution in [0.1, 0.15) is 33.3 Å². The maximum atomic E-state index is 12.2. The van der Waals surface area contributed by atoms with Crippen LogP contribution in [0.5, 0.6) is 0 Å². The molecule has 0 fully saturated rings. The number of aliphatic hydroxyl groups is 1. The van der Waals surface area contributed by atoms with Gasteiger partial charge in [0.25, 0.3) is 0 Å². The molecule has 0 spiro atoms. The number of carbonyl (C=O) groups is 2. The van der Waals surface area contributed by atoms with Crippen molar-refractivity contribution in [3.63, 3.8) is 0 Å². The molecule has 0 aliphatic carbocycles. The molecule has 1 rings (SSSR count). The highest BCUT2D eigenvalue weighted by atomic mass is 16.6. The fourth-order valence-electron chi connectivity index (χ4n) is 1.98. The highest BCUT2D eigenvalue weighted by Gasteiger charge is 2.35. The van der Waals surface area contributed by atoms with E-state index in [0.29, 0.717) is 0 Å². The Morgan fingerprint density at radius 2 is 1.45 bits per heavy atom. The molecule has 0 bridgehead atoms. The first-order valence-corrected chi connectivity index (χ1v) is 7.44. The van der Waals surface area contributed by atoms with Crippen LogP contribution in [-0.4, -0.2) is 35.4 Å². The smallest absolute Gasteiger partial charge is 0.336 e. The van der Waals surface area contributed by atoms with Gasteiger partial charge in [-0.2, -0.15) is 0 Å². The van der Waals surface area contributed by atoms with Crippen molar-refractivity contribution >= 4 is 11.9 Å². The Morgan fingerprint density at radius 3 is 1.95 bits per heavy atom. The summed E-state index contributed by atoms with van der Waals surface area (Å²) in [7, 11) is 0. The summed E-state index contributed by atoms with van der Waals surface area (Å²) in [6, 6.07) is 9.18. The standard InChI is InChI=1S/C17H24O5/c1-11(2)21-16(19)14(10-13-8-6-5-7-9-13)15(18)17(20)22-12(3)4/h5-9,11-12,14-15,18H,10H2,1-4H3/t14?,15-/m0/s1. The Kier molecular flexibility index (Phi) is 7.05. The highest BCUT2D eigenvalue weighted by molar-refractivity contribution is 5.84. The van der Waals surface area contributed by atoms with Crippen LogP contribution in [0.4, 0.5) is 0 Å². The Bertz CT molecular complexity index is 481. The number of ether oxygens (including phenoxy) is 2. The van der Waals surface area contributed by atoms with Gasteiger partial charge in [0.15, 0.2) is 6.10 Å². The van der Waals surface area contributed by atoms with E-state index >= 15 is 0 Å². The number of rotatable bonds is 7. The van der Waals surface area contributed by atoms with Crippen molar-refractivity contribution < 1.29 is 24.2 Å². The summed E-state index contributed by atoms with van der Waals surface area (Å²) in [6.07, 6.45) is -2.02. The van der Waals surface area contributed by atoms with Crippen LogP contribution < -0.4 is 0 Å². The maximum Gasteiger partial charge on any atom is 0.336 e. The summed E-state index contributed by atoms with van der Waals surface area (Å²) in [6.45, 7) is 6.80. The molecule has 1 aromatic rings. The normalized spacial score (nSPS) is 13.8. The van der Waals surface area contributed by atoms with Crippen molar-refractivity contribution in [3.8, 4) is 0 Å². The number of hydrogen-bond donors (Lipinski definition) is 1. The van der Waals surface area contributed by atoms with Crippen molar-refractivity contribution in [2.45, 2.75) is 52.4 Å². The number of benzene rings is 1. The summed E-state index contributed by atoms with van der Waals surface area (Å²) in [5.41, 5.74) is 0.838. The molecule has 0 amide bonds. The third-order valence-electron chi connectivity index (χ3n) is 2.93. The van der Waals surface area contributed by atoms with Gasteiger partial charge in [-0.1, -0.05) is 30.3 Å². The number of hydrogen-bond acceptors (Lipinski definition) is 5. The van der Waals surface area contributed by atoms with Gasteiger partial charge in [0, 0.05) is 0 Å². The Hall–Kier alpha value is -1.88. The van der Waals surface area contributed by atoms with Gasteiger partial charge in [-0.3, -0.25) is 4.79 Å². The monoisotopic (exact) mass is 308 g/mol. The summed E-state index contributed by atoms with van der Waals surface area (Å²) in [4.78, 5) is 24.1. The number of carbonyl (C=O) groups excluding carboxylic acids is 2. The van der Waals surface area contributed by atoms with Crippen LogP contribution in [0.3, 0.4) is 0 Å². The Balaban J connectivity index is 2.90. The van der Waals surface area contributed by atoms with Crippen molar-refractivity contribution in [2.75, 3.05) is 0 Å². The SMILES string of the molecule is CC(C)OC(=O)C(Cc1ccccc1)[C@H](O)C(=O)OC(C)C. The molecule has 0 saturated heterocycles. The average Bonchev–Trinajstić information content (AvgIpc) is 2.43. The molecule has 5 nitrogen and oxygen atoms in total. The minimum atomic E-state index is -1.55. The lowest BCUT2D eigenvalue weighted by molar-refractivity contribution is -0.170. The fourth-order valence-corrected chi connectivity index (χ4v) is 1.98. The zero-order valence-electron chi connectivity index (χ0n) is 13.5. The molecule has 0 heterocycles. The molecule has 2 atom stereocenters. The molecular weight excluding hydrogens is 284 g/mol. The fraction of sp³-hybridized carbons (Fsp3) is 0.529. The lowest BCUT2D eigenvalue weighted by Crippen LogP contribution is -2.40. The molecule has 122 valence electrons. The third kappa shape index (κ3) is 5.85. The van der Waals surface area contributed by atoms with E-state index in [9.17, 15) is 14.7 Å². The van der Waals surface area contributed by atoms with Crippen LogP contribution in [0.15, 0.2) is 30.3 Å². The van der Waals surface area contributed by atoms with Crippen LogP contribution in [0.2, 0.25) is 0 Å². The molecule has 0 saturated carbocycles. The Morgan fingerprint density at radius 1 is 0.955 bits per heavy atom. The van der Waals surface area contributed by atoms with Gasteiger partial charge >= 0.3 is 11.9 Å². The first-order valence-electron chi connectivity index (χ1n) is 7.44. The van der Waals surface area contributed by atoms with Crippen LogP contribution >= 0.6 is 0 Å². The van der Waals surface area contributed by atoms with Crippen molar-refractivity contribution in [3.05, 3.63) is 35.9 Å². The lowest BCUT2D eigenvalue weighted by Gasteiger charge is -2.22. The minimum Gasteiger partial charge on any atom is -0.463 e. The van der Waals surface area contributed by atoms with Gasteiger partial charge in [0.2, 0.25) is 0 Å². The van der Waals surface area contributed by atoms with E-state index in [-0.39, 0.29) is 18.6 Å². The van der Waals surface area contributed by atoms with Crippen LogP contribution in [-0.2, 0) is 25.5 Å². The predicted octanol–water partition coefficient (Wildman–Crippen LogP) is 2.11. The predicted molar refractivity (Wildman–Crippen MR) is 82.1 cm³/mol. The first kappa shape index (κ1) is 18.2. The zero-order chi connectivity index (χ0) is 16.7. The summed E-state index contributed by atoms with van der Waals surface area (Å²) < 4.78 is 10.1. The van der Waals surface area contributed by atoms with E-state index in [2.05, 4.69) is 0 Å². The summed E-state index contributed by atoms with van der Waals surface area (Å²) in [5, 5.41) is 10.2. The van der Waals surface area contributed by atoms with Crippen molar-refractivity contribution in [1.82, 2.24) is 0 Å². The molecule has 0 aliphatic heterocycles. The van der Waals surface area contributed by atoms with Crippen LogP contribution in [0.25, 0.3) is 0 Å². The quantitative estimate of drug-likeness (QED) is 0.781. The maximum absolute atomic E-state index is 12.2. The van der Waals surface area contributed by atoms with Gasteiger partial charge < -0.3 is 14.6 Å². The van der Waals surface area contributed by atoms with E-state index in [4.69, 9.17) is 9.47 Å². The summed E-state index contributed by atoms with van der Waals surface area (Å²) >= 11 is 0. The average molecular weight is 308 g/mol. The Labute approximate surface area is 131 Å². The van der Waals surface area contributed by atoms with Gasteiger partial charge in [-0.15, -0.1) is 0 Å². The van der Waals surface area contributed by atoms with E-state index < -0.39 is 24.0 Å².